The summed E-state index contributed by atoms with van der Waals surface area (Å²) in [6.45, 7) is 5.78. The molecule has 3 aromatic rings. The quantitative estimate of drug-likeness (QED) is 0.675. The Balaban J connectivity index is 1.66. The fourth-order valence-corrected chi connectivity index (χ4v) is 4.53. The van der Waals surface area contributed by atoms with Gasteiger partial charge in [0, 0.05) is 18.2 Å². The molecular weight excluding hydrogens is 342 g/mol. The van der Waals surface area contributed by atoms with E-state index in [1.807, 2.05) is 47.4 Å². The first-order valence-electron chi connectivity index (χ1n) is 8.65. The van der Waals surface area contributed by atoms with Crippen LogP contribution < -0.4 is 4.90 Å². The molecule has 1 N–H and O–H groups in total. The number of fused-ring (bicyclic) bond motifs is 2. The third-order valence-corrected chi connectivity index (χ3v) is 5.56. The van der Waals surface area contributed by atoms with Crippen LogP contribution in [0.25, 0.3) is 16.6 Å². The molecule has 132 valence electrons. The fourth-order valence-electron chi connectivity index (χ4n) is 3.66. The lowest BCUT2D eigenvalue weighted by molar-refractivity contribution is -0.117. The zero-order valence-electron chi connectivity index (χ0n) is 15.1. The first-order valence-corrected chi connectivity index (χ1v) is 9.64. The van der Waals surface area contributed by atoms with E-state index in [1.54, 1.807) is 18.7 Å². The third-order valence-electron chi connectivity index (χ3n) is 4.64. The molecule has 1 amide bonds. The van der Waals surface area contributed by atoms with Crippen molar-refractivity contribution in [3.8, 4) is 0 Å². The molecule has 0 aliphatic carbocycles. The molecule has 0 saturated heterocycles. The van der Waals surface area contributed by atoms with Gasteiger partial charge in [0.05, 0.1) is 22.3 Å². The van der Waals surface area contributed by atoms with Crippen molar-refractivity contribution >= 4 is 40.0 Å². The molecule has 0 saturated carbocycles. The number of imidazole rings is 1. The SMILES string of the molecule is CC(=O)N1c2ccccc2C(CSc2nc3ccccc3[nH]2)=CC1(C)C. The first kappa shape index (κ1) is 16.9. The van der Waals surface area contributed by atoms with Crippen LogP contribution in [0.15, 0.2) is 59.8 Å². The van der Waals surface area contributed by atoms with E-state index in [2.05, 4.69) is 36.0 Å². The highest BCUT2D eigenvalue weighted by Crippen LogP contribution is 2.40. The van der Waals surface area contributed by atoms with Gasteiger partial charge in [0.15, 0.2) is 5.16 Å². The van der Waals surface area contributed by atoms with Crippen LogP contribution in [0.1, 0.15) is 26.3 Å². The normalized spacial score (nSPS) is 15.7. The number of thioether (sulfide) groups is 1. The minimum absolute atomic E-state index is 0.0580. The van der Waals surface area contributed by atoms with Crippen molar-refractivity contribution < 1.29 is 4.79 Å². The summed E-state index contributed by atoms with van der Waals surface area (Å²) in [6, 6.07) is 16.2. The van der Waals surface area contributed by atoms with Gasteiger partial charge in [-0.05, 0) is 37.6 Å². The highest BCUT2D eigenvalue weighted by atomic mass is 32.2. The number of benzene rings is 2. The Morgan fingerprint density at radius 1 is 1.15 bits per heavy atom. The summed E-state index contributed by atoms with van der Waals surface area (Å²) < 4.78 is 0. The van der Waals surface area contributed by atoms with E-state index < -0.39 is 0 Å². The number of aromatic nitrogens is 2. The Kier molecular flexibility index (Phi) is 4.11. The van der Waals surface area contributed by atoms with Gasteiger partial charge in [0.1, 0.15) is 0 Å². The summed E-state index contributed by atoms with van der Waals surface area (Å²) >= 11 is 1.69. The van der Waals surface area contributed by atoms with Crippen molar-refractivity contribution in [2.24, 2.45) is 0 Å². The fraction of sp³-hybridized carbons (Fsp3) is 0.238. The lowest BCUT2D eigenvalue weighted by atomic mass is 9.89. The number of H-pyrrole nitrogens is 1. The summed E-state index contributed by atoms with van der Waals surface area (Å²) in [5.41, 5.74) is 5.00. The van der Waals surface area contributed by atoms with E-state index in [0.717, 1.165) is 33.2 Å². The molecule has 1 aliphatic rings. The van der Waals surface area contributed by atoms with Gasteiger partial charge in [-0.15, -0.1) is 0 Å². The molecule has 4 nitrogen and oxygen atoms in total. The van der Waals surface area contributed by atoms with Gasteiger partial charge in [0.2, 0.25) is 5.91 Å². The van der Waals surface area contributed by atoms with E-state index >= 15 is 0 Å². The van der Waals surface area contributed by atoms with Crippen molar-refractivity contribution in [3.05, 3.63) is 60.2 Å². The molecule has 0 radical (unpaired) electrons. The molecule has 0 atom stereocenters. The van der Waals surface area contributed by atoms with Crippen molar-refractivity contribution in [2.75, 3.05) is 10.7 Å². The predicted molar refractivity (Wildman–Crippen MR) is 108 cm³/mol. The second-order valence-electron chi connectivity index (χ2n) is 7.04. The number of carbonyl (C=O) groups is 1. The van der Waals surface area contributed by atoms with Gasteiger partial charge in [-0.2, -0.15) is 0 Å². The average molecular weight is 363 g/mol. The van der Waals surface area contributed by atoms with Crippen molar-refractivity contribution in [3.63, 3.8) is 0 Å². The van der Waals surface area contributed by atoms with Crippen LogP contribution in [0.4, 0.5) is 5.69 Å². The minimum Gasteiger partial charge on any atom is -0.333 e. The molecule has 1 aliphatic heterocycles. The van der Waals surface area contributed by atoms with Crippen LogP contribution in [0, 0.1) is 0 Å². The number of carbonyl (C=O) groups excluding carboxylic acids is 1. The van der Waals surface area contributed by atoms with Gasteiger partial charge in [-0.1, -0.05) is 48.2 Å². The van der Waals surface area contributed by atoms with E-state index in [0.29, 0.717) is 0 Å². The first-order chi connectivity index (χ1) is 12.5. The molecule has 26 heavy (non-hydrogen) atoms. The Labute approximate surface area is 157 Å². The lowest BCUT2D eigenvalue weighted by Gasteiger charge is -2.41. The Hall–Kier alpha value is -2.53. The van der Waals surface area contributed by atoms with Gasteiger partial charge >= 0.3 is 0 Å². The summed E-state index contributed by atoms with van der Waals surface area (Å²) in [6.07, 6.45) is 2.20. The molecule has 0 fully saturated rings. The molecule has 2 aromatic carbocycles. The number of aromatic amines is 1. The number of para-hydroxylation sites is 3. The number of hydrogen-bond acceptors (Lipinski definition) is 3. The highest BCUT2D eigenvalue weighted by Gasteiger charge is 2.34. The van der Waals surface area contributed by atoms with E-state index in [4.69, 9.17) is 0 Å². The molecular formula is C21H21N3OS. The smallest absolute Gasteiger partial charge is 0.224 e. The van der Waals surface area contributed by atoms with Gasteiger partial charge in [-0.25, -0.2) is 4.98 Å². The molecule has 4 rings (SSSR count). The van der Waals surface area contributed by atoms with Crippen LogP contribution in [0.3, 0.4) is 0 Å². The van der Waals surface area contributed by atoms with Crippen LogP contribution in [-0.2, 0) is 4.79 Å². The second-order valence-corrected chi connectivity index (χ2v) is 8.01. The molecule has 0 spiro atoms. The van der Waals surface area contributed by atoms with Crippen molar-refractivity contribution in [2.45, 2.75) is 31.5 Å². The minimum atomic E-state index is -0.357. The Bertz CT molecular complexity index is 986. The molecule has 5 heteroatoms. The largest absolute Gasteiger partial charge is 0.333 e. The highest BCUT2D eigenvalue weighted by molar-refractivity contribution is 7.99. The van der Waals surface area contributed by atoms with Gasteiger partial charge in [-0.3, -0.25) is 4.79 Å². The maximum Gasteiger partial charge on any atom is 0.224 e. The number of nitrogens with zero attached hydrogens (tertiary/aromatic N) is 2. The van der Waals surface area contributed by atoms with Crippen molar-refractivity contribution in [1.82, 2.24) is 9.97 Å². The third kappa shape index (κ3) is 2.92. The summed E-state index contributed by atoms with van der Waals surface area (Å²) in [7, 11) is 0. The second kappa shape index (κ2) is 6.32. The molecule has 0 unspecified atom stereocenters. The number of hydrogen-bond donors (Lipinski definition) is 1. The van der Waals surface area contributed by atoms with Crippen LogP contribution >= 0.6 is 11.8 Å². The average Bonchev–Trinajstić information content (AvgIpc) is 3.01. The number of rotatable bonds is 3. The zero-order chi connectivity index (χ0) is 18.3. The zero-order valence-corrected chi connectivity index (χ0v) is 15.9. The maximum atomic E-state index is 12.2. The van der Waals surface area contributed by atoms with Crippen LogP contribution in [0.5, 0.6) is 0 Å². The maximum absolute atomic E-state index is 12.2. The topological polar surface area (TPSA) is 49.0 Å². The Morgan fingerprint density at radius 3 is 2.65 bits per heavy atom. The molecule has 2 heterocycles. The Morgan fingerprint density at radius 2 is 1.88 bits per heavy atom. The van der Waals surface area contributed by atoms with Crippen LogP contribution in [0.2, 0.25) is 0 Å². The molecule has 1 aromatic heterocycles. The number of amides is 1. The predicted octanol–water partition coefficient (Wildman–Crippen LogP) is 4.88. The standard InChI is InChI=1S/C21H21N3OS/c1-14(25)24-19-11-7-4-8-16(19)15(12-21(24,2)3)13-26-20-22-17-9-5-6-10-18(17)23-20/h4-12H,13H2,1-3H3,(H,22,23). The van der Waals surface area contributed by atoms with Crippen molar-refractivity contribution in [1.29, 1.82) is 0 Å². The number of anilines is 1. The summed E-state index contributed by atoms with van der Waals surface area (Å²) in [5.74, 6) is 0.856. The van der Waals surface area contributed by atoms with Gasteiger partial charge < -0.3 is 9.88 Å². The summed E-state index contributed by atoms with van der Waals surface area (Å²) in [5, 5.41) is 0.913. The van der Waals surface area contributed by atoms with E-state index in [1.165, 1.54) is 5.57 Å². The van der Waals surface area contributed by atoms with Gasteiger partial charge in [0.25, 0.3) is 0 Å². The monoisotopic (exact) mass is 363 g/mol. The number of nitrogens with one attached hydrogen (secondary N) is 1. The van der Waals surface area contributed by atoms with Crippen LogP contribution in [-0.4, -0.2) is 27.2 Å². The van der Waals surface area contributed by atoms with E-state index in [-0.39, 0.29) is 11.4 Å². The summed E-state index contributed by atoms with van der Waals surface area (Å²) in [4.78, 5) is 22.1. The molecule has 0 bridgehead atoms. The lowest BCUT2D eigenvalue weighted by Crippen LogP contribution is -2.48. The van der Waals surface area contributed by atoms with E-state index in [9.17, 15) is 4.79 Å².